The van der Waals surface area contributed by atoms with Gasteiger partial charge in [0.1, 0.15) is 0 Å². The van der Waals surface area contributed by atoms with Gasteiger partial charge in [-0.3, -0.25) is 14.9 Å². The summed E-state index contributed by atoms with van der Waals surface area (Å²) in [7, 11) is 0. The highest BCUT2D eigenvalue weighted by atomic mass is 16.6. The topological polar surface area (TPSA) is 122 Å². The van der Waals surface area contributed by atoms with Crippen LogP contribution in [0.25, 0.3) is 0 Å². The van der Waals surface area contributed by atoms with Gasteiger partial charge in [0.05, 0.1) is 30.1 Å². The van der Waals surface area contributed by atoms with Gasteiger partial charge in [-0.15, -0.1) is 0 Å². The number of carbonyl (C=O) groups excluding carboxylic acids is 1. The van der Waals surface area contributed by atoms with Gasteiger partial charge < -0.3 is 19.7 Å². The molecule has 1 aromatic carbocycles. The number of amides is 1. The standard InChI is InChI=1S/C10H13NO2.C8H10O5/c1-8(2)13-10(12)11-9-6-4-3-5-7-9;9-7(10)5-3-1-2-4(13-3)6(5)8(11)12/h3-8H,1-2H3,(H,11,12);3-6H,1-2H2,(H,9,10)(H,11,12). The molecule has 0 aromatic heterocycles. The smallest absolute Gasteiger partial charge is 0.411 e. The predicted octanol–water partition coefficient (Wildman–Crippen LogP) is 2.59. The van der Waals surface area contributed by atoms with Crippen molar-refractivity contribution in [2.24, 2.45) is 11.8 Å². The molecule has 1 amide bonds. The lowest BCUT2D eigenvalue weighted by atomic mass is 9.79. The summed E-state index contributed by atoms with van der Waals surface area (Å²) >= 11 is 0. The van der Waals surface area contributed by atoms with Crippen LogP contribution >= 0.6 is 0 Å². The first kappa shape index (κ1) is 19.7. The first-order valence-electron chi connectivity index (χ1n) is 8.43. The summed E-state index contributed by atoms with van der Waals surface area (Å²) in [6.07, 6.45) is 0.0636. The number of nitrogens with one attached hydrogen (secondary N) is 1. The molecule has 8 nitrogen and oxygen atoms in total. The Hall–Kier alpha value is -2.61. The number of rotatable bonds is 4. The summed E-state index contributed by atoms with van der Waals surface area (Å²) in [4.78, 5) is 32.6. The van der Waals surface area contributed by atoms with Gasteiger partial charge in [-0.2, -0.15) is 0 Å². The third-order valence-electron chi connectivity index (χ3n) is 4.21. The van der Waals surface area contributed by atoms with E-state index in [4.69, 9.17) is 19.7 Å². The van der Waals surface area contributed by atoms with Crippen LogP contribution in [0.5, 0.6) is 0 Å². The van der Waals surface area contributed by atoms with Crippen molar-refractivity contribution >= 4 is 23.7 Å². The number of para-hydroxylation sites is 1. The van der Waals surface area contributed by atoms with Gasteiger partial charge in [-0.05, 0) is 38.8 Å². The van der Waals surface area contributed by atoms with E-state index < -0.39 is 29.9 Å². The number of hydrogen-bond donors (Lipinski definition) is 3. The molecule has 4 unspecified atom stereocenters. The van der Waals surface area contributed by atoms with E-state index in [1.807, 2.05) is 44.2 Å². The fourth-order valence-electron chi connectivity index (χ4n) is 3.19. The second-order valence-corrected chi connectivity index (χ2v) is 6.46. The third kappa shape index (κ3) is 4.95. The summed E-state index contributed by atoms with van der Waals surface area (Å²) in [6, 6.07) is 9.21. The molecular formula is C18H23NO7. The molecule has 3 N–H and O–H groups in total. The molecule has 2 aliphatic rings. The Balaban J connectivity index is 0.000000187. The Morgan fingerprint density at radius 3 is 1.96 bits per heavy atom. The maximum atomic E-state index is 11.1. The lowest BCUT2D eigenvalue weighted by Crippen LogP contribution is -2.38. The number of carbonyl (C=O) groups is 3. The first-order valence-corrected chi connectivity index (χ1v) is 8.43. The Morgan fingerprint density at radius 2 is 1.54 bits per heavy atom. The second-order valence-electron chi connectivity index (χ2n) is 6.46. The predicted molar refractivity (Wildman–Crippen MR) is 91.8 cm³/mol. The van der Waals surface area contributed by atoms with Crippen LogP contribution in [-0.4, -0.2) is 46.6 Å². The van der Waals surface area contributed by atoms with Crippen LogP contribution in [-0.2, 0) is 19.1 Å². The van der Waals surface area contributed by atoms with Gasteiger partial charge in [0, 0.05) is 5.69 Å². The zero-order valence-corrected chi connectivity index (χ0v) is 14.6. The molecule has 142 valence electrons. The normalized spacial score (nSPS) is 26.0. The number of carboxylic acids is 2. The molecule has 0 radical (unpaired) electrons. The van der Waals surface area contributed by atoms with E-state index in [0.717, 1.165) is 5.69 Å². The molecule has 0 spiro atoms. The van der Waals surface area contributed by atoms with Crippen molar-refractivity contribution in [2.45, 2.75) is 45.0 Å². The first-order chi connectivity index (χ1) is 12.3. The summed E-state index contributed by atoms with van der Waals surface area (Å²) in [5.74, 6) is -3.81. The second kappa shape index (κ2) is 8.66. The van der Waals surface area contributed by atoms with Gasteiger partial charge >= 0.3 is 18.0 Å². The van der Waals surface area contributed by atoms with E-state index in [1.54, 1.807) is 0 Å². The van der Waals surface area contributed by atoms with Crippen molar-refractivity contribution in [3.05, 3.63) is 30.3 Å². The quantitative estimate of drug-likeness (QED) is 0.749. The van der Waals surface area contributed by atoms with Crippen LogP contribution < -0.4 is 5.32 Å². The number of ether oxygens (including phenoxy) is 2. The number of anilines is 1. The summed E-state index contributed by atoms with van der Waals surface area (Å²) < 4.78 is 10.2. The molecule has 2 fully saturated rings. The zero-order valence-electron chi connectivity index (χ0n) is 14.6. The fraction of sp³-hybridized carbons (Fsp3) is 0.500. The van der Waals surface area contributed by atoms with E-state index in [1.165, 1.54) is 0 Å². The van der Waals surface area contributed by atoms with Gasteiger partial charge in [0.15, 0.2) is 0 Å². The Labute approximate surface area is 151 Å². The maximum absolute atomic E-state index is 11.1. The molecule has 3 rings (SSSR count). The van der Waals surface area contributed by atoms with E-state index in [9.17, 15) is 14.4 Å². The summed E-state index contributed by atoms with van der Waals surface area (Å²) in [6.45, 7) is 3.62. The summed E-state index contributed by atoms with van der Waals surface area (Å²) in [5.41, 5.74) is 0.744. The molecule has 2 saturated heterocycles. The number of fused-ring (bicyclic) bond motifs is 2. The van der Waals surface area contributed by atoms with Crippen LogP contribution in [0.3, 0.4) is 0 Å². The van der Waals surface area contributed by atoms with Gasteiger partial charge in [-0.25, -0.2) is 4.79 Å². The molecule has 8 heteroatoms. The third-order valence-corrected chi connectivity index (χ3v) is 4.21. The van der Waals surface area contributed by atoms with Gasteiger partial charge in [-0.1, -0.05) is 18.2 Å². The monoisotopic (exact) mass is 365 g/mol. The van der Waals surface area contributed by atoms with Crippen molar-refractivity contribution in [1.29, 1.82) is 0 Å². The highest BCUT2D eigenvalue weighted by Gasteiger charge is 2.55. The highest BCUT2D eigenvalue weighted by molar-refractivity contribution is 5.84. The molecule has 0 aliphatic carbocycles. The van der Waals surface area contributed by atoms with Gasteiger partial charge in [0.2, 0.25) is 0 Å². The number of benzene rings is 1. The molecule has 2 aliphatic heterocycles. The van der Waals surface area contributed by atoms with Crippen molar-refractivity contribution in [1.82, 2.24) is 0 Å². The van der Waals surface area contributed by atoms with Crippen LogP contribution in [0.15, 0.2) is 30.3 Å². The molecule has 0 saturated carbocycles. The minimum atomic E-state index is -1.06. The highest BCUT2D eigenvalue weighted by Crippen LogP contribution is 2.43. The van der Waals surface area contributed by atoms with Crippen molar-refractivity contribution in [2.75, 3.05) is 5.32 Å². The molecular weight excluding hydrogens is 342 g/mol. The van der Waals surface area contributed by atoms with Crippen LogP contribution in [0, 0.1) is 11.8 Å². The Bertz CT molecular complexity index is 620. The Kier molecular flexibility index (Phi) is 6.57. The average Bonchev–Trinajstić information content (AvgIpc) is 3.16. The summed E-state index contributed by atoms with van der Waals surface area (Å²) in [5, 5.41) is 20.2. The minimum absolute atomic E-state index is 0.0938. The van der Waals surface area contributed by atoms with Crippen molar-refractivity contribution < 1.29 is 34.1 Å². The van der Waals surface area contributed by atoms with Crippen LogP contribution in [0.2, 0.25) is 0 Å². The molecule has 2 heterocycles. The van der Waals surface area contributed by atoms with E-state index >= 15 is 0 Å². The molecule has 4 atom stereocenters. The Morgan fingerprint density at radius 1 is 1.04 bits per heavy atom. The van der Waals surface area contributed by atoms with E-state index in [2.05, 4.69) is 5.32 Å². The van der Waals surface area contributed by atoms with Gasteiger partial charge in [0.25, 0.3) is 0 Å². The molecule has 26 heavy (non-hydrogen) atoms. The average molecular weight is 365 g/mol. The fourth-order valence-corrected chi connectivity index (χ4v) is 3.19. The molecule has 2 bridgehead atoms. The number of aliphatic carboxylic acids is 2. The molecule has 1 aromatic rings. The zero-order chi connectivity index (χ0) is 19.3. The lowest BCUT2D eigenvalue weighted by Gasteiger charge is -2.20. The van der Waals surface area contributed by atoms with Crippen LogP contribution in [0.1, 0.15) is 26.7 Å². The maximum Gasteiger partial charge on any atom is 0.411 e. The lowest BCUT2D eigenvalue weighted by molar-refractivity contribution is -0.154. The van der Waals surface area contributed by atoms with Crippen LogP contribution in [0.4, 0.5) is 10.5 Å². The minimum Gasteiger partial charge on any atom is -0.481 e. The van der Waals surface area contributed by atoms with E-state index in [-0.39, 0.29) is 18.3 Å². The number of hydrogen-bond acceptors (Lipinski definition) is 5. The van der Waals surface area contributed by atoms with Crippen molar-refractivity contribution in [3.63, 3.8) is 0 Å². The van der Waals surface area contributed by atoms with Crippen molar-refractivity contribution in [3.8, 4) is 0 Å². The number of carboxylic acid groups (broad SMARTS) is 2. The van der Waals surface area contributed by atoms with E-state index in [0.29, 0.717) is 12.8 Å². The largest absolute Gasteiger partial charge is 0.481 e. The SMILES string of the molecule is CC(C)OC(=O)Nc1ccccc1.O=C(O)C1C2CCC(O2)C1C(=O)O.